The van der Waals surface area contributed by atoms with Crippen LogP contribution in [0.2, 0.25) is 0 Å². The molecule has 18 heavy (non-hydrogen) atoms. The van der Waals surface area contributed by atoms with E-state index < -0.39 is 0 Å². The van der Waals surface area contributed by atoms with Crippen molar-refractivity contribution in [2.24, 2.45) is 5.92 Å². The Morgan fingerprint density at radius 3 is 2.83 bits per heavy atom. The molecule has 0 aliphatic rings. The van der Waals surface area contributed by atoms with Crippen LogP contribution < -0.4 is 5.32 Å². The van der Waals surface area contributed by atoms with Gasteiger partial charge in [-0.2, -0.15) is 0 Å². The molecule has 0 amide bonds. The molecule has 0 unspecified atom stereocenters. The summed E-state index contributed by atoms with van der Waals surface area (Å²) in [6, 6.07) is 0. The summed E-state index contributed by atoms with van der Waals surface area (Å²) in [5.74, 6) is 0.543. The molecule has 2 heterocycles. The minimum Gasteiger partial charge on any atom is -0.316 e. The lowest BCUT2D eigenvalue weighted by Gasteiger charge is -2.11. The average Bonchev–Trinajstić information content (AvgIpc) is 2.80. The van der Waals surface area contributed by atoms with Crippen molar-refractivity contribution in [1.82, 2.24) is 14.7 Å². The van der Waals surface area contributed by atoms with Gasteiger partial charge in [-0.3, -0.25) is 4.40 Å². The standard InChI is InChI=1S/C14H21N3S/c1-9(2)12(7-15-5)6-13-11(4)16-14-17(13)10(3)8-18-14/h6,8-9,15H,7H2,1-5H3. The number of hydrogen-bond acceptors (Lipinski definition) is 3. The zero-order chi connectivity index (χ0) is 13.3. The highest BCUT2D eigenvalue weighted by Crippen LogP contribution is 2.23. The van der Waals surface area contributed by atoms with E-state index in [2.05, 4.69) is 53.9 Å². The topological polar surface area (TPSA) is 29.3 Å². The van der Waals surface area contributed by atoms with Crippen LogP contribution in [0.25, 0.3) is 11.0 Å². The minimum atomic E-state index is 0.543. The van der Waals surface area contributed by atoms with Gasteiger partial charge in [-0.05, 0) is 32.9 Å². The van der Waals surface area contributed by atoms with Gasteiger partial charge in [0.25, 0.3) is 0 Å². The van der Waals surface area contributed by atoms with Crippen LogP contribution in [0, 0.1) is 19.8 Å². The number of likely N-dealkylation sites (N-methyl/N-ethyl adjacent to an activating group) is 1. The van der Waals surface area contributed by atoms with Gasteiger partial charge in [0.05, 0.1) is 11.4 Å². The monoisotopic (exact) mass is 263 g/mol. The molecular weight excluding hydrogens is 242 g/mol. The summed E-state index contributed by atoms with van der Waals surface area (Å²) in [4.78, 5) is 5.71. The second kappa shape index (κ2) is 5.24. The predicted octanol–water partition coefficient (Wildman–Crippen LogP) is 3.27. The fourth-order valence-electron chi connectivity index (χ4n) is 2.10. The summed E-state index contributed by atoms with van der Waals surface area (Å²) in [6.07, 6.45) is 2.29. The molecule has 0 aliphatic carbocycles. The van der Waals surface area contributed by atoms with Crippen molar-refractivity contribution < 1.29 is 0 Å². The first-order valence-electron chi connectivity index (χ1n) is 6.32. The molecule has 3 nitrogen and oxygen atoms in total. The lowest BCUT2D eigenvalue weighted by molar-refractivity contribution is 0.712. The van der Waals surface area contributed by atoms with Crippen molar-refractivity contribution in [3.8, 4) is 0 Å². The van der Waals surface area contributed by atoms with E-state index in [9.17, 15) is 0 Å². The van der Waals surface area contributed by atoms with Crippen molar-refractivity contribution in [2.75, 3.05) is 13.6 Å². The van der Waals surface area contributed by atoms with Crippen LogP contribution in [0.1, 0.15) is 30.9 Å². The molecule has 0 radical (unpaired) electrons. The highest BCUT2D eigenvalue weighted by molar-refractivity contribution is 7.15. The largest absolute Gasteiger partial charge is 0.316 e. The predicted molar refractivity (Wildman–Crippen MR) is 79.3 cm³/mol. The molecule has 0 aromatic carbocycles. The van der Waals surface area contributed by atoms with Gasteiger partial charge in [0.1, 0.15) is 0 Å². The van der Waals surface area contributed by atoms with E-state index in [-0.39, 0.29) is 0 Å². The van der Waals surface area contributed by atoms with Crippen molar-refractivity contribution in [3.63, 3.8) is 0 Å². The Hall–Kier alpha value is -1.13. The molecule has 1 N–H and O–H groups in total. The Morgan fingerprint density at radius 2 is 2.22 bits per heavy atom. The summed E-state index contributed by atoms with van der Waals surface area (Å²) in [6.45, 7) is 9.61. The first-order valence-corrected chi connectivity index (χ1v) is 7.20. The third kappa shape index (κ3) is 2.35. The Morgan fingerprint density at radius 1 is 1.50 bits per heavy atom. The third-order valence-electron chi connectivity index (χ3n) is 3.20. The van der Waals surface area contributed by atoms with Gasteiger partial charge in [-0.1, -0.05) is 19.4 Å². The molecular formula is C14H21N3S. The first-order chi connectivity index (χ1) is 8.54. The van der Waals surface area contributed by atoms with Crippen LogP contribution in [-0.4, -0.2) is 23.0 Å². The van der Waals surface area contributed by atoms with Crippen molar-refractivity contribution in [3.05, 3.63) is 28.0 Å². The van der Waals surface area contributed by atoms with Crippen molar-refractivity contribution in [1.29, 1.82) is 0 Å². The molecule has 0 fully saturated rings. The summed E-state index contributed by atoms with van der Waals surface area (Å²) in [5.41, 5.74) is 5.00. The number of nitrogens with one attached hydrogen (secondary N) is 1. The highest BCUT2D eigenvalue weighted by Gasteiger charge is 2.12. The van der Waals surface area contributed by atoms with E-state index in [0.29, 0.717) is 5.92 Å². The molecule has 2 rings (SSSR count). The number of aromatic nitrogens is 2. The average molecular weight is 263 g/mol. The van der Waals surface area contributed by atoms with Crippen LogP contribution in [0.15, 0.2) is 11.0 Å². The van der Waals surface area contributed by atoms with E-state index in [1.165, 1.54) is 17.0 Å². The maximum absolute atomic E-state index is 4.62. The van der Waals surface area contributed by atoms with E-state index in [4.69, 9.17) is 0 Å². The Balaban J connectivity index is 2.55. The fraction of sp³-hybridized carbons (Fsp3) is 0.500. The van der Waals surface area contributed by atoms with Gasteiger partial charge < -0.3 is 5.32 Å². The summed E-state index contributed by atoms with van der Waals surface area (Å²) in [5, 5.41) is 5.40. The van der Waals surface area contributed by atoms with Gasteiger partial charge in [0, 0.05) is 17.6 Å². The minimum absolute atomic E-state index is 0.543. The number of imidazole rings is 1. The molecule has 0 saturated heterocycles. The van der Waals surface area contributed by atoms with Crippen molar-refractivity contribution in [2.45, 2.75) is 27.7 Å². The van der Waals surface area contributed by atoms with Crippen LogP contribution in [0.5, 0.6) is 0 Å². The normalized spacial score (nSPS) is 12.9. The smallest absolute Gasteiger partial charge is 0.194 e. The van der Waals surface area contributed by atoms with Gasteiger partial charge in [-0.25, -0.2) is 4.98 Å². The Bertz CT molecular complexity index is 575. The maximum Gasteiger partial charge on any atom is 0.194 e. The van der Waals surface area contributed by atoms with Crippen molar-refractivity contribution >= 4 is 22.4 Å². The molecule has 4 heteroatoms. The van der Waals surface area contributed by atoms with E-state index in [1.807, 2.05) is 7.05 Å². The third-order valence-corrected chi connectivity index (χ3v) is 4.14. The number of thiazole rings is 1. The lowest BCUT2D eigenvalue weighted by atomic mass is 10.0. The summed E-state index contributed by atoms with van der Waals surface area (Å²) < 4.78 is 2.25. The Kier molecular flexibility index (Phi) is 3.88. The lowest BCUT2D eigenvalue weighted by Crippen LogP contribution is -2.14. The molecule has 0 aliphatic heterocycles. The van der Waals surface area contributed by atoms with E-state index >= 15 is 0 Å². The van der Waals surface area contributed by atoms with Crippen LogP contribution in [0.3, 0.4) is 0 Å². The molecule has 0 atom stereocenters. The van der Waals surface area contributed by atoms with Gasteiger partial charge in [-0.15, -0.1) is 11.3 Å². The van der Waals surface area contributed by atoms with Gasteiger partial charge in [0.15, 0.2) is 4.96 Å². The molecule has 2 aromatic rings. The number of rotatable bonds is 4. The quantitative estimate of drug-likeness (QED) is 0.917. The summed E-state index contributed by atoms with van der Waals surface area (Å²) in [7, 11) is 1.99. The number of hydrogen-bond donors (Lipinski definition) is 1. The fourth-order valence-corrected chi connectivity index (χ4v) is 3.02. The molecule has 0 bridgehead atoms. The molecule has 98 valence electrons. The number of nitrogens with zero attached hydrogens (tertiary/aromatic N) is 2. The summed E-state index contributed by atoms with van der Waals surface area (Å²) >= 11 is 1.70. The molecule has 0 saturated carbocycles. The van der Waals surface area contributed by atoms with Crippen LogP contribution in [-0.2, 0) is 0 Å². The number of aryl methyl sites for hydroxylation is 2. The van der Waals surface area contributed by atoms with Gasteiger partial charge >= 0.3 is 0 Å². The highest BCUT2D eigenvalue weighted by atomic mass is 32.1. The zero-order valence-corrected chi connectivity index (χ0v) is 12.6. The molecule has 0 spiro atoms. The van der Waals surface area contributed by atoms with E-state index in [0.717, 1.165) is 17.2 Å². The number of fused-ring (bicyclic) bond motifs is 1. The molecule has 2 aromatic heterocycles. The Labute approximate surface area is 113 Å². The second-order valence-electron chi connectivity index (χ2n) is 4.98. The first kappa shape index (κ1) is 13.3. The SMILES string of the molecule is CNCC(=Cc1c(C)nc2scc(C)n12)C(C)C. The van der Waals surface area contributed by atoms with Gasteiger partial charge in [0.2, 0.25) is 0 Å². The second-order valence-corrected chi connectivity index (χ2v) is 5.82. The van der Waals surface area contributed by atoms with E-state index in [1.54, 1.807) is 11.3 Å². The van der Waals surface area contributed by atoms with Crippen LogP contribution in [0.4, 0.5) is 0 Å². The zero-order valence-electron chi connectivity index (χ0n) is 11.7. The maximum atomic E-state index is 4.62. The van der Waals surface area contributed by atoms with Crippen LogP contribution >= 0.6 is 11.3 Å².